The van der Waals surface area contributed by atoms with E-state index in [2.05, 4.69) is 99.8 Å². The van der Waals surface area contributed by atoms with E-state index in [-0.39, 0.29) is 25.9 Å². The Morgan fingerprint density at radius 2 is 0.877 bits per heavy atom. The zero-order chi connectivity index (χ0) is 53.3. The number of aliphatic hydroxyl groups excluding tert-OH is 2. The number of allylic oxidation sites excluding steroid dienone is 14. The van der Waals surface area contributed by atoms with E-state index in [1.165, 1.54) is 64.2 Å². The van der Waals surface area contributed by atoms with E-state index in [0.717, 1.165) is 96.3 Å². The SMILES string of the molecule is CC/C=C\C/C=C\C/C=C\C/C=C\C/C=C\CCCC(=O)OCC(COC1OC(C(=O)O)C(O)C(O)C1OC(=O)CCCCCCC/C=C\C/C=C\CCCCC)OC(=O)CCCCCCCCCCCCC. The molecule has 0 aliphatic carbocycles. The van der Waals surface area contributed by atoms with Gasteiger partial charge in [0.05, 0.1) is 6.61 Å². The standard InChI is InChI=1S/C61H100O12/c1-4-7-10-13-16-19-22-24-26-27-29-30-33-35-38-41-44-47-53(62)69-50-52(71-54(63)48-45-42-39-36-32-21-18-15-12-9-6-3)51-70-61-59(57(66)56(65)58(73-61)60(67)68)72-55(64)49-46-43-40-37-34-31-28-25-23-20-17-14-11-8-5-2/h7,10,16-17,19-20,24-26,28-30,35,38,52,56-59,61,65-66H,4-6,8-9,11-15,18,21-23,27,31-34,36-37,39-51H2,1-3H3,(H,67,68)/b10-7-,19-16-,20-17-,26-24-,28-25-,30-29-,38-35-. The quantitative estimate of drug-likeness (QED) is 0.0228. The molecule has 1 rings (SSSR count). The van der Waals surface area contributed by atoms with Crippen LogP contribution < -0.4 is 0 Å². The molecule has 6 atom stereocenters. The minimum absolute atomic E-state index is 0.0369. The van der Waals surface area contributed by atoms with E-state index in [1.54, 1.807) is 0 Å². The normalized spacial score (nSPS) is 18.9. The molecule has 73 heavy (non-hydrogen) atoms. The fourth-order valence-corrected chi connectivity index (χ4v) is 8.08. The van der Waals surface area contributed by atoms with Crippen LogP contribution in [0.5, 0.6) is 0 Å². The van der Waals surface area contributed by atoms with Crippen LogP contribution in [0.25, 0.3) is 0 Å². The number of carbonyl (C=O) groups excluding carboxylic acids is 3. The number of rotatable bonds is 47. The lowest BCUT2D eigenvalue weighted by Gasteiger charge is -2.40. The van der Waals surface area contributed by atoms with E-state index in [0.29, 0.717) is 25.7 Å². The molecule has 1 saturated heterocycles. The molecule has 416 valence electrons. The average Bonchev–Trinajstić information content (AvgIpc) is 3.37. The smallest absolute Gasteiger partial charge is 0.335 e. The van der Waals surface area contributed by atoms with Crippen molar-refractivity contribution in [3.8, 4) is 0 Å². The first-order valence-electron chi connectivity index (χ1n) is 28.6. The van der Waals surface area contributed by atoms with E-state index < -0.39 is 67.3 Å². The summed E-state index contributed by atoms with van der Waals surface area (Å²) in [6.45, 7) is 5.77. The van der Waals surface area contributed by atoms with E-state index in [1.807, 2.05) is 6.08 Å². The summed E-state index contributed by atoms with van der Waals surface area (Å²) in [6.07, 6.45) is 49.9. The Labute approximate surface area is 441 Å². The molecule has 3 N–H and O–H groups in total. The lowest BCUT2D eigenvalue weighted by atomic mass is 9.98. The molecule has 0 amide bonds. The molecule has 0 radical (unpaired) electrons. The number of ether oxygens (including phenoxy) is 5. The number of esters is 3. The summed E-state index contributed by atoms with van der Waals surface area (Å²) in [5.74, 6) is -3.22. The summed E-state index contributed by atoms with van der Waals surface area (Å²) in [5.41, 5.74) is 0. The first-order valence-corrected chi connectivity index (χ1v) is 28.6. The molecule has 12 nitrogen and oxygen atoms in total. The topological polar surface area (TPSA) is 175 Å². The van der Waals surface area contributed by atoms with Gasteiger partial charge < -0.3 is 39.0 Å². The van der Waals surface area contributed by atoms with Gasteiger partial charge in [-0.05, 0) is 89.9 Å². The first kappa shape index (κ1) is 66.9. The van der Waals surface area contributed by atoms with Crippen LogP contribution in [0.4, 0.5) is 0 Å². The fraction of sp³-hybridized carbons (Fsp3) is 0.705. The first-order chi connectivity index (χ1) is 35.6. The van der Waals surface area contributed by atoms with Crippen molar-refractivity contribution in [3.63, 3.8) is 0 Å². The number of unbranched alkanes of at least 4 members (excludes halogenated alkanes) is 19. The van der Waals surface area contributed by atoms with Crippen molar-refractivity contribution in [1.82, 2.24) is 0 Å². The summed E-state index contributed by atoms with van der Waals surface area (Å²) in [6, 6.07) is 0. The van der Waals surface area contributed by atoms with Crippen molar-refractivity contribution in [2.75, 3.05) is 13.2 Å². The molecule has 0 aromatic heterocycles. The Morgan fingerprint density at radius 1 is 0.466 bits per heavy atom. The molecule has 0 aromatic rings. The van der Waals surface area contributed by atoms with Gasteiger partial charge in [-0.3, -0.25) is 14.4 Å². The third kappa shape index (κ3) is 39.0. The second-order valence-corrected chi connectivity index (χ2v) is 19.2. The van der Waals surface area contributed by atoms with Crippen LogP contribution in [0, 0.1) is 0 Å². The van der Waals surface area contributed by atoms with Crippen molar-refractivity contribution in [3.05, 3.63) is 85.1 Å². The van der Waals surface area contributed by atoms with Gasteiger partial charge in [0.15, 0.2) is 24.6 Å². The predicted octanol–water partition coefficient (Wildman–Crippen LogP) is 14.3. The van der Waals surface area contributed by atoms with Gasteiger partial charge in [0, 0.05) is 19.3 Å². The maximum atomic E-state index is 13.1. The van der Waals surface area contributed by atoms with Gasteiger partial charge in [-0.25, -0.2) is 4.79 Å². The molecule has 1 aliphatic heterocycles. The number of aliphatic hydroxyl groups is 2. The van der Waals surface area contributed by atoms with E-state index in [9.17, 15) is 34.5 Å². The summed E-state index contributed by atoms with van der Waals surface area (Å²) in [5, 5.41) is 31.4. The minimum atomic E-state index is -1.92. The van der Waals surface area contributed by atoms with Gasteiger partial charge in [0.25, 0.3) is 0 Å². The summed E-state index contributed by atoms with van der Waals surface area (Å²) in [7, 11) is 0. The highest BCUT2D eigenvalue weighted by atomic mass is 16.7. The highest BCUT2D eigenvalue weighted by molar-refractivity contribution is 5.74. The lowest BCUT2D eigenvalue weighted by Crippen LogP contribution is -2.61. The van der Waals surface area contributed by atoms with Crippen LogP contribution >= 0.6 is 0 Å². The Kier molecular flexibility index (Phi) is 44.7. The van der Waals surface area contributed by atoms with Gasteiger partial charge in [-0.1, -0.05) is 202 Å². The molecule has 0 saturated carbocycles. The predicted molar refractivity (Wildman–Crippen MR) is 294 cm³/mol. The van der Waals surface area contributed by atoms with Gasteiger partial charge >= 0.3 is 23.9 Å². The molecule has 6 unspecified atom stereocenters. The van der Waals surface area contributed by atoms with Gasteiger partial charge in [-0.2, -0.15) is 0 Å². The Hall–Kier alpha value is -4.10. The molecule has 12 heteroatoms. The summed E-state index contributed by atoms with van der Waals surface area (Å²) in [4.78, 5) is 51.0. The van der Waals surface area contributed by atoms with Crippen LogP contribution in [0.3, 0.4) is 0 Å². The minimum Gasteiger partial charge on any atom is -0.479 e. The molecule has 0 bridgehead atoms. The van der Waals surface area contributed by atoms with Crippen molar-refractivity contribution in [2.24, 2.45) is 0 Å². The number of hydrogen-bond donors (Lipinski definition) is 3. The Balaban J connectivity index is 2.74. The van der Waals surface area contributed by atoms with Crippen molar-refractivity contribution < 1.29 is 58.2 Å². The third-order valence-corrected chi connectivity index (χ3v) is 12.5. The highest BCUT2D eigenvalue weighted by Gasteiger charge is 2.50. The van der Waals surface area contributed by atoms with Gasteiger partial charge in [-0.15, -0.1) is 0 Å². The average molecular weight is 1030 g/mol. The number of carbonyl (C=O) groups is 4. The van der Waals surface area contributed by atoms with Crippen molar-refractivity contribution in [2.45, 2.75) is 263 Å². The molecule has 1 fully saturated rings. The molecule has 0 spiro atoms. The van der Waals surface area contributed by atoms with Crippen LogP contribution in [0.15, 0.2) is 85.1 Å². The van der Waals surface area contributed by atoms with Crippen molar-refractivity contribution in [1.29, 1.82) is 0 Å². The molecular weight excluding hydrogens is 925 g/mol. The molecule has 0 aromatic carbocycles. The van der Waals surface area contributed by atoms with Gasteiger partial charge in [0.2, 0.25) is 0 Å². The maximum absolute atomic E-state index is 13.1. The Morgan fingerprint density at radius 3 is 1.38 bits per heavy atom. The highest BCUT2D eigenvalue weighted by Crippen LogP contribution is 2.26. The number of aliphatic carboxylic acids is 1. The second kappa shape index (κ2) is 48.8. The van der Waals surface area contributed by atoms with Crippen LogP contribution in [0.1, 0.15) is 226 Å². The van der Waals surface area contributed by atoms with Crippen LogP contribution in [-0.4, -0.2) is 89.2 Å². The largest absolute Gasteiger partial charge is 0.479 e. The molecule has 1 heterocycles. The fourth-order valence-electron chi connectivity index (χ4n) is 8.08. The third-order valence-electron chi connectivity index (χ3n) is 12.5. The van der Waals surface area contributed by atoms with E-state index >= 15 is 0 Å². The monoisotopic (exact) mass is 1020 g/mol. The zero-order valence-corrected chi connectivity index (χ0v) is 45.6. The summed E-state index contributed by atoms with van der Waals surface area (Å²) >= 11 is 0. The lowest BCUT2D eigenvalue weighted by molar-refractivity contribution is -0.301. The van der Waals surface area contributed by atoms with Crippen molar-refractivity contribution >= 4 is 23.9 Å². The second-order valence-electron chi connectivity index (χ2n) is 19.2. The number of carboxylic acids is 1. The van der Waals surface area contributed by atoms with Crippen LogP contribution in [-0.2, 0) is 42.9 Å². The maximum Gasteiger partial charge on any atom is 0.335 e. The Bertz CT molecular complexity index is 1590. The summed E-state index contributed by atoms with van der Waals surface area (Å²) < 4.78 is 28.3. The van der Waals surface area contributed by atoms with Crippen LogP contribution in [0.2, 0.25) is 0 Å². The van der Waals surface area contributed by atoms with E-state index in [4.69, 9.17) is 23.7 Å². The molecular formula is C61H100O12. The molecule has 1 aliphatic rings. The number of carboxylic acid groups (broad SMARTS) is 1. The number of hydrogen-bond acceptors (Lipinski definition) is 11. The zero-order valence-electron chi connectivity index (χ0n) is 45.6. The van der Waals surface area contributed by atoms with Gasteiger partial charge in [0.1, 0.15) is 18.8 Å².